The van der Waals surface area contributed by atoms with Crippen LogP contribution in [0.3, 0.4) is 0 Å². The summed E-state index contributed by atoms with van der Waals surface area (Å²) in [6.45, 7) is 17.2. The van der Waals surface area contributed by atoms with Crippen LogP contribution in [0.15, 0.2) is 0 Å². The van der Waals surface area contributed by atoms with Crippen molar-refractivity contribution in [2.45, 2.75) is 119 Å². The van der Waals surface area contributed by atoms with E-state index in [0.717, 1.165) is 18.3 Å². The Morgan fingerprint density at radius 3 is 2.06 bits per heavy atom. The van der Waals surface area contributed by atoms with Crippen molar-refractivity contribution in [1.29, 1.82) is 0 Å². The fraction of sp³-hybridized carbons (Fsp3) is 0.966. The van der Waals surface area contributed by atoms with Crippen molar-refractivity contribution in [1.82, 2.24) is 0 Å². The van der Waals surface area contributed by atoms with Crippen LogP contribution in [0.2, 0.25) is 0 Å². The molecule has 5 rings (SSSR count). The van der Waals surface area contributed by atoms with Crippen LogP contribution in [0.1, 0.15) is 113 Å². The molecule has 0 aliphatic heterocycles. The van der Waals surface area contributed by atoms with Gasteiger partial charge in [-0.15, -0.1) is 0 Å². The van der Waals surface area contributed by atoms with E-state index in [4.69, 9.17) is 0 Å². The van der Waals surface area contributed by atoms with E-state index in [2.05, 4.69) is 41.5 Å². The minimum absolute atomic E-state index is 0.0824. The zero-order chi connectivity index (χ0) is 22.6. The summed E-state index contributed by atoms with van der Waals surface area (Å²) in [6, 6.07) is 0. The SMILES string of the molecule is CC(=O)[C@H]1C[C@@H](O)[C@]2(C)[C@H]3CC[C@@H]4[C@@]5(C)CCCC(C)(C)[C@@H]5CC[C@@]4(C)[C@]3(C)CC[C@@H]12. The molecule has 0 saturated heterocycles. The number of Topliss-reactive ketones (excluding diaryl/α,β-unsaturated/α-hetero) is 1. The van der Waals surface area contributed by atoms with Gasteiger partial charge < -0.3 is 5.11 Å². The molecule has 5 aliphatic carbocycles. The molecule has 176 valence electrons. The van der Waals surface area contributed by atoms with Crippen LogP contribution < -0.4 is 0 Å². The van der Waals surface area contributed by atoms with Gasteiger partial charge >= 0.3 is 0 Å². The van der Waals surface area contributed by atoms with E-state index in [9.17, 15) is 9.90 Å². The van der Waals surface area contributed by atoms with Gasteiger partial charge in [0.05, 0.1) is 6.10 Å². The average Bonchev–Trinajstić information content (AvgIpc) is 2.93. The lowest BCUT2D eigenvalue weighted by molar-refractivity contribution is -0.249. The van der Waals surface area contributed by atoms with Crippen LogP contribution in [0.5, 0.6) is 0 Å². The minimum atomic E-state index is -0.309. The highest BCUT2D eigenvalue weighted by atomic mass is 16.3. The smallest absolute Gasteiger partial charge is 0.133 e. The van der Waals surface area contributed by atoms with Crippen molar-refractivity contribution in [3.05, 3.63) is 0 Å². The van der Waals surface area contributed by atoms with Crippen LogP contribution in [0.25, 0.3) is 0 Å². The van der Waals surface area contributed by atoms with Crippen LogP contribution in [-0.4, -0.2) is 17.0 Å². The van der Waals surface area contributed by atoms with Crippen LogP contribution in [-0.2, 0) is 4.79 Å². The number of aliphatic hydroxyl groups excluding tert-OH is 1. The first-order valence-electron chi connectivity index (χ1n) is 13.5. The molecule has 0 unspecified atom stereocenters. The Hall–Kier alpha value is -0.370. The van der Waals surface area contributed by atoms with Gasteiger partial charge in [0.1, 0.15) is 5.78 Å². The van der Waals surface area contributed by atoms with E-state index in [-0.39, 0.29) is 22.9 Å². The van der Waals surface area contributed by atoms with Crippen molar-refractivity contribution in [3.63, 3.8) is 0 Å². The standard InChI is InChI=1S/C29H48O2/c1-18(30)19-17-24(31)29(7)20(19)11-15-28(6)23(29)10-9-22-26(4)14-8-13-25(2,3)21(26)12-16-27(22,28)5/h19-24,31H,8-17H2,1-7H3/t19-,20+,21+,22-,23+,24-,26+,27-,28-,29+/m1/s1. The second-order valence-electron chi connectivity index (χ2n) is 14.4. The number of carbonyl (C=O) groups is 1. The summed E-state index contributed by atoms with van der Waals surface area (Å²) in [5.74, 6) is 3.01. The van der Waals surface area contributed by atoms with Gasteiger partial charge in [0.25, 0.3) is 0 Å². The lowest BCUT2D eigenvalue weighted by Crippen LogP contribution is -2.66. The number of fused-ring (bicyclic) bond motifs is 7. The predicted molar refractivity (Wildman–Crippen MR) is 127 cm³/mol. The Kier molecular flexibility index (Phi) is 4.78. The molecular weight excluding hydrogens is 380 g/mol. The second kappa shape index (κ2) is 6.61. The maximum absolute atomic E-state index is 12.5. The molecule has 10 atom stereocenters. The molecule has 0 bridgehead atoms. The van der Waals surface area contributed by atoms with E-state index >= 15 is 0 Å². The van der Waals surface area contributed by atoms with Crippen molar-refractivity contribution in [3.8, 4) is 0 Å². The number of aliphatic hydroxyl groups is 1. The van der Waals surface area contributed by atoms with Gasteiger partial charge in [-0.3, -0.25) is 4.79 Å². The molecule has 5 fully saturated rings. The zero-order valence-electron chi connectivity index (χ0n) is 21.4. The van der Waals surface area contributed by atoms with Crippen LogP contribution >= 0.6 is 0 Å². The highest BCUT2D eigenvalue weighted by molar-refractivity contribution is 5.79. The molecule has 0 aromatic carbocycles. The molecule has 2 nitrogen and oxygen atoms in total. The predicted octanol–water partition coefficient (Wildman–Crippen LogP) is 7.04. The van der Waals surface area contributed by atoms with Crippen molar-refractivity contribution >= 4 is 5.78 Å². The lowest BCUT2D eigenvalue weighted by atomic mass is 9.32. The van der Waals surface area contributed by atoms with Gasteiger partial charge in [-0.2, -0.15) is 0 Å². The van der Waals surface area contributed by atoms with E-state index < -0.39 is 0 Å². The molecule has 0 radical (unpaired) electrons. The van der Waals surface area contributed by atoms with Gasteiger partial charge in [0.2, 0.25) is 0 Å². The summed E-state index contributed by atoms with van der Waals surface area (Å²) >= 11 is 0. The molecule has 2 heteroatoms. The summed E-state index contributed by atoms with van der Waals surface area (Å²) in [6.07, 6.45) is 12.3. The van der Waals surface area contributed by atoms with Crippen LogP contribution in [0.4, 0.5) is 0 Å². The largest absolute Gasteiger partial charge is 0.393 e. The highest BCUT2D eigenvalue weighted by Crippen LogP contribution is 2.77. The third-order valence-corrected chi connectivity index (χ3v) is 13.3. The summed E-state index contributed by atoms with van der Waals surface area (Å²) in [5.41, 5.74) is 1.50. The van der Waals surface area contributed by atoms with Gasteiger partial charge in [-0.05, 0) is 110 Å². The first-order chi connectivity index (χ1) is 14.3. The molecule has 0 spiro atoms. The number of carbonyl (C=O) groups excluding carboxylic acids is 1. The Labute approximate surface area is 191 Å². The molecule has 31 heavy (non-hydrogen) atoms. The maximum atomic E-state index is 12.5. The molecule has 5 aliphatic rings. The number of hydrogen-bond donors (Lipinski definition) is 1. The van der Waals surface area contributed by atoms with Gasteiger partial charge in [-0.25, -0.2) is 0 Å². The van der Waals surface area contributed by atoms with E-state index in [1.165, 1.54) is 51.4 Å². The number of hydrogen-bond acceptors (Lipinski definition) is 2. The van der Waals surface area contributed by atoms with Gasteiger partial charge in [0, 0.05) is 11.3 Å². The topological polar surface area (TPSA) is 37.3 Å². The number of rotatable bonds is 1. The average molecular weight is 429 g/mol. The summed E-state index contributed by atoms with van der Waals surface area (Å²) in [7, 11) is 0. The van der Waals surface area contributed by atoms with Crippen molar-refractivity contribution in [2.75, 3.05) is 0 Å². The molecule has 1 N–H and O–H groups in total. The van der Waals surface area contributed by atoms with Gasteiger partial charge in [0.15, 0.2) is 0 Å². The Balaban J connectivity index is 1.55. The third kappa shape index (κ3) is 2.58. The fourth-order valence-electron chi connectivity index (χ4n) is 11.7. The van der Waals surface area contributed by atoms with E-state index in [0.29, 0.717) is 40.3 Å². The summed E-state index contributed by atoms with van der Waals surface area (Å²) in [4.78, 5) is 12.5. The van der Waals surface area contributed by atoms with E-state index in [1.807, 2.05) is 0 Å². The number of ketones is 1. The van der Waals surface area contributed by atoms with Crippen molar-refractivity contribution < 1.29 is 9.90 Å². The van der Waals surface area contributed by atoms with Gasteiger partial charge in [-0.1, -0.05) is 48.0 Å². The molecule has 0 heterocycles. The highest BCUT2D eigenvalue weighted by Gasteiger charge is 2.71. The summed E-state index contributed by atoms with van der Waals surface area (Å²) < 4.78 is 0. The molecule has 5 saturated carbocycles. The Bertz CT molecular complexity index is 771. The van der Waals surface area contributed by atoms with E-state index in [1.54, 1.807) is 6.92 Å². The minimum Gasteiger partial charge on any atom is -0.393 e. The Morgan fingerprint density at radius 1 is 0.774 bits per heavy atom. The van der Waals surface area contributed by atoms with Crippen LogP contribution in [0, 0.1) is 56.7 Å². The normalized spacial score (nSPS) is 57.9. The zero-order valence-corrected chi connectivity index (χ0v) is 21.4. The maximum Gasteiger partial charge on any atom is 0.133 e. The molecule has 0 amide bonds. The second-order valence-corrected chi connectivity index (χ2v) is 14.4. The molecule has 0 aromatic rings. The summed E-state index contributed by atoms with van der Waals surface area (Å²) in [5, 5.41) is 11.4. The first-order valence-corrected chi connectivity index (χ1v) is 13.5. The Morgan fingerprint density at radius 2 is 1.39 bits per heavy atom. The third-order valence-electron chi connectivity index (χ3n) is 13.3. The first kappa shape index (κ1) is 22.4. The monoisotopic (exact) mass is 428 g/mol. The molecule has 0 aromatic heterocycles. The lowest BCUT2D eigenvalue weighted by Gasteiger charge is -2.73. The fourth-order valence-corrected chi connectivity index (χ4v) is 11.7. The molecular formula is C29H48O2. The van der Waals surface area contributed by atoms with Crippen molar-refractivity contribution in [2.24, 2.45) is 56.7 Å². The quantitative estimate of drug-likeness (QED) is 0.486.